The number of halogens is 1. The quantitative estimate of drug-likeness (QED) is 0.466. The number of nitrogens with zero attached hydrogens (tertiary/aromatic N) is 4. The Kier molecular flexibility index (Phi) is 6.25. The molecule has 1 amide bonds. The summed E-state index contributed by atoms with van der Waals surface area (Å²) < 4.78 is 21.2. The highest BCUT2D eigenvalue weighted by Crippen LogP contribution is 2.29. The highest BCUT2D eigenvalue weighted by Gasteiger charge is 2.33. The summed E-state index contributed by atoms with van der Waals surface area (Å²) in [6.07, 6.45) is 3.09. The van der Waals surface area contributed by atoms with Crippen molar-refractivity contribution >= 4 is 22.6 Å². The standard InChI is InChI=1S/C24H27FN6O3/c1-23(2,33)19(25)11-29-22(32)17-10-27-20(7-18(17)30-12-24(3)13-34-14-24)31-5-4-16-6-15(8-26)9-28-21(16)31/h4-7,9-10,19,33H,11-14H2,1-3H3,(H,27,30)(H,29,32)/t19-/m1/s1. The van der Waals surface area contributed by atoms with Crippen molar-refractivity contribution in [1.29, 1.82) is 5.26 Å². The molecule has 1 aliphatic rings. The van der Waals surface area contributed by atoms with Crippen LogP contribution in [0.3, 0.4) is 0 Å². The van der Waals surface area contributed by atoms with Gasteiger partial charge < -0.3 is 20.5 Å². The first-order valence-electron chi connectivity index (χ1n) is 10.9. The molecule has 178 valence electrons. The lowest BCUT2D eigenvalue weighted by Gasteiger charge is -2.38. The Hall–Kier alpha value is -3.55. The second-order valence-electron chi connectivity index (χ2n) is 9.51. The van der Waals surface area contributed by atoms with E-state index in [2.05, 4.69) is 33.6 Å². The van der Waals surface area contributed by atoms with Crippen molar-refractivity contribution in [2.24, 2.45) is 5.41 Å². The van der Waals surface area contributed by atoms with E-state index in [4.69, 9.17) is 10.00 Å². The maximum absolute atomic E-state index is 14.2. The zero-order chi connectivity index (χ0) is 24.5. The first-order chi connectivity index (χ1) is 16.1. The molecule has 1 saturated heterocycles. The van der Waals surface area contributed by atoms with Gasteiger partial charge in [-0.3, -0.25) is 9.36 Å². The van der Waals surface area contributed by atoms with Crippen molar-refractivity contribution in [3.05, 3.63) is 47.9 Å². The third-order valence-corrected chi connectivity index (χ3v) is 5.85. The second-order valence-corrected chi connectivity index (χ2v) is 9.51. The van der Waals surface area contributed by atoms with Gasteiger partial charge in [0.2, 0.25) is 0 Å². The van der Waals surface area contributed by atoms with Crippen molar-refractivity contribution in [3.8, 4) is 11.9 Å². The van der Waals surface area contributed by atoms with Gasteiger partial charge in [0.1, 0.15) is 23.7 Å². The Balaban J connectivity index is 1.64. The lowest BCUT2D eigenvalue weighted by Crippen LogP contribution is -2.45. The third kappa shape index (κ3) is 4.85. The number of anilines is 1. The van der Waals surface area contributed by atoms with E-state index in [0.29, 0.717) is 42.5 Å². The van der Waals surface area contributed by atoms with E-state index < -0.39 is 17.7 Å². The largest absolute Gasteiger partial charge is 0.387 e. The van der Waals surface area contributed by atoms with E-state index >= 15 is 0 Å². The van der Waals surface area contributed by atoms with Crippen LogP contribution in [0.5, 0.6) is 0 Å². The molecule has 0 unspecified atom stereocenters. The number of carbonyl (C=O) groups excluding carboxylic acids is 1. The monoisotopic (exact) mass is 466 g/mol. The van der Waals surface area contributed by atoms with E-state index in [-0.39, 0.29) is 17.5 Å². The van der Waals surface area contributed by atoms with Gasteiger partial charge in [0.25, 0.3) is 5.91 Å². The summed E-state index contributed by atoms with van der Waals surface area (Å²) in [5, 5.41) is 25.6. The molecule has 3 aromatic heterocycles. The molecular formula is C24H27FN6O3. The van der Waals surface area contributed by atoms with Crippen LogP contribution in [-0.4, -0.2) is 63.6 Å². The highest BCUT2D eigenvalue weighted by atomic mass is 19.1. The molecule has 1 atom stereocenters. The molecule has 3 N–H and O–H groups in total. The fraction of sp³-hybridized carbons (Fsp3) is 0.417. The Morgan fingerprint density at radius 3 is 2.79 bits per heavy atom. The molecule has 0 aliphatic carbocycles. The van der Waals surface area contributed by atoms with Crippen molar-refractivity contribution in [2.75, 3.05) is 31.6 Å². The Bertz CT molecular complexity index is 1260. The van der Waals surface area contributed by atoms with Crippen LogP contribution in [0.1, 0.15) is 36.7 Å². The molecule has 0 saturated carbocycles. The Morgan fingerprint density at radius 2 is 2.15 bits per heavy atom. The number of aromatic nitrogens is 3. The molecule has 34 heavy (non-hydrogen) atoms. The van der Waals surface area contributed by atoms with E-state index in [1.54, 1.807) is 22.9 Å². The van der Waals surface area contributed by atoms with Crippen LogP contribution < -0.4 is 10.6 Å². The first-order valence-corrected chi connectivity index (χ1v) is 10.9. The molecular weight excluding hydrogens is 439 g/mol. The van der Waals surface area contributed by atoms with Crippen LogP contribution in [0.25, 0.3) is 16.9 Å². The number of rotatable bonds is 8. The number of hydrogen-bond acceptors (Lipinski definition) is 7. The molecule has 0 aromatic carbocycles. The number of pyridine rings is 2. The van der Waals surface area contributed by atoms with Gasteiger partial charge in [-0.1, -0.05) is 6.92 Å². The number of ether oxygens (including phenoxy) is 1. The maximum atomic E-state index is 14.2. The van der Waals surface area contributed by atoms with Gasteiger partial charge in [0.15, 0.2) is 0 Å². The first kappa shape index (κ1) is 23.6. The number of alkyl halides is 1. The molecule has 1 aliphatic heterocycles. The normalized spacial score (nSPS) is 15.9. The van der Waals surface area contributed by atoms with Crippen LogP contribution >= 0.6 is 0 Å². The maximum Gasteiger partial charge on any atom is 0.255 e. The summed E-state index contributed by atoms with van der Waals surface area (Å²) >= 11 is 0. The van der Waals surface area contributed by atoms with Crippen molar-refractivity contribution in [1.82, 2.24) is 19.9 Å². The van der Waals surface area contributed by atoms with E-state index in [1.165, 1.54) is 26.2 Å². The van der Waals surface area contributed by atoms with Crippen LogP contribution in [0.2, 0.25) is 0 Å². The third-order valence-electron chi connectivity index (χ3n) is 5.85. The summed E-state index contributed by atoms with van der Waals surface area (Å²) in [7, 11) is 0. The fourth-order valence-electron chi connectivity index (χ4n) is 3.56. The van der Waals surface area contributed by atoms with E-state index in [9.17, 15) is 14.3 Å². The molecule has 0 bridgehead atoms. The molecule has 0 spiro atoms. The van der Waals surface area contributed by atoms with Crippen LogP contribution in [0.15, 0.2) is 36.8 Å². The summed E-state index contributed by atoms with van der Waals surface area (Å²) in [6.45, 7) is 6.25. The van der Waals surface area contributed by atoms with Gasteiger partial charge in [-0.2, -0.15) is 5.26 Å². The molecule has 1 fully saturated rings. The summed E-state index contributed by atoms with van der Waals surface area (Å²) in [5.74, 6) is 0.0266. The smallest absolute Gasteiger partial charge is 0.255 e. The predicted octanol–water partition coefficient (Wildman–Crippen LogP) is 2.58. The van der Waals surface area contributed by atoms with Gasteiger partial charge in [0.05, 0.1) is 42.2 Å². The number of nitrogens with one attached hydrogen (secondary N) is 2. The average molecular weight is 467 g/mol. The topological polar surface area (TPSA) is 125 Å². The van der Waals surface area contributed by atoms with Gasteiger partial charge in [-0.15, -0.1) is 0 Å². The van der Waals surface area contributed by atoms with Gasteiger partial charge in [-0.25, -0.2) is 14.4 Å². The second kappa shape index (κ2) is 9.00. The predicted molar refractivity (Wildman–Crippen MR) is 125 cm³/mol. The lowest BCUT2D eigenvalue weighted by molar-refractivity contribution is -0.0924. The summed E-state index contributed by atoms with van der Waals surface area (Å²) in [5.41, 5.74) is 0.248. The molecule has 4 heterocycles. The van der Waals surface area contributed by atoms with Gasteiger partial charge in [-0.05, 0) is 26.0 Å². The number of nitriles is 1. The number of aliphatic hydroxyl groups is 1. The van der Waals surface area contributed by atoms with E-state index in [1.807, 2.05) is 6.07 Å². The van der Waals surface area contributed by atoms with Crippen molar-refractivity contribution < 1.29 is 19.0 Å². The van der Waals surface area contributed by atoms with Gasteiger partial charge >= 0.3 is 0 Å². The number of carbonyl (C=O) groups is 1. The molecule has 4 rings (SSSR count). The zero-order valence-corrected chi connectivity index (χ0v) is 19.3. The molecule has 0 radical (unpaired) electrons. The van der Waals surface area contributed by atoms with Crippen LogP contribution in [-0.2, 0) is 4.74 Å². The van der Waals surface area contributed by atoms with Crippen LogP contribution in [0, 0.1) is 16.7 Å². The Morgan fingerprint density at radius 1 is 1.38 bits per heavy atom. The minimum Gasteiger partial charge on any atom is -0.387 e. The highest BCUT2D eigenvalue weighted by molar-refractivity contribution is 5.99. The summed E-state index contributed by atoms with van der Waals surface area (Å²) in [6, 6.07) is 7.39. The minimum absolute atomic E-state index is 0.0580. The van der Waals surface area contributed by atoms with Crippen LogP contribution in [0.4, 0.5) is 10.1 Å². The fourth-order valence-corrected chi connectivity index (χ4v) is 3.56. The number of amides is 1. The minimum atomic E-state index is -1.62. The Labute approximate surface area is 196 Å². The zero-order valence-electron chi connectivity index (χ0n) is 19.3. The SMILES string of the molecule is CC1(CNc2cc(-n3ccc4cc(C#N)cnc43)ncc2C(=O)NC[C@@H](F)C(C)(C)O)COC1. The molecule has 10 heteroatoms. The number of hydrogen-bond donors (Lipinski definition) is 3. The van der Waals surface area contributed by atoms with E-state index in [0.717, 1.165) is 5.39 Å². The molecule has 9 nitrogen and oxygen atoms in total. The van der Waals surface area contributed by atoms with Gasteiger partial charge in [0, 0.05) is 42.0 Å². The lowest BCUT2D eigenvalue weighted by atomic mass is 9.88. The van der Waals surface area contributed by atoms with Crippen molar-refractivity contribution in [2.45, 2.75) is 32.5 Å². The average Bonchev–Trinajstić information content (AvgIpc) is 3.22. The van der Waals surface area contributed by atoms with Crippen molar-refractivity contribution in [3.63, 3.8) is 0 Å². The molecule has 3 aromatic rings. The summed E-state index contributed by atoms with van der Waals surface area (Å²) in [4.78, 5) is 21.7. The number of fused-ring (bicyclic) bond motifs is 1.